The van der Waals surface area contributed by atoms with Crippen molar-refractivity contribution in [1.29, 1.82) is 0 Å². The van der Waals surface area contributed by atoms with E-state index >= 15 is 0 Å². The first kappa shape index (κ1) is 16.1. The van der Waals surface area contributed by atoms with Crippen LogP contribution in [0.15, 0.2) is 18.2 Å². The molecule has 2 N–H and O–H groups in total. The molecule has 0 aliphatic carbocycles. The maximum atomic E-state index is 12.6. The van der Waals surface area contributed by atoms with Gasteiger partial charge in [-0.2, -0.15) is 0 Å². The van der Waals surface area contributed by atoms with Crippen molar-refractivity contribution in [2.24, 2.45) is 5.92 Å². The fourth-order valence-corrected chi connectivity index (χ4v) is 2.98. The molecule has 0 radical (unpaired) electrons. The minimum absolute atomic E-state index is 0.107. The maximum absolute atomic E-state index is 12.6. The number of nitrogens with one attached hydrogen (secondary N) is 2. The zero-order valence-electron chi connectivity index (χ0n) is 14.0. The highest BCUT2D eigenvalue weighted by atomic mass is 16.6. The molecule has 2 unspecified atom stereocenters. The quantitative estimate of drug-likeness (QED) is 0.876. The van der Waals surface area contributed by atoms with E-state index in [-0.39, 0.29) is 11.9 Å². The molecule has 1 aromatic carbocycles. The van der Waals surface area contributed by atoms with Crippen LogP contribution >= 0.6 is 0 Å². The normalized spacial score (nSPS) is 23.1. The summed E-state index contributed by atoms with van der Waals surface area (Å²) in [5.74, 6) is 2.14. The molecule has 1 saturated heterocycles. The molecule has 0 saturated carbocycles. The van der Waals surface area contributed by atoms with Crippen molar-refractivity contribution in [2.45, 2.75) is 38.9 Å². The first-order valence-electron chi connectivity index (χ1n) is 8.19. The lowest BCUT2D eigenvalue weighted by Gasteiger charge is -2.23. The monoisotopic (exact) mass is 319 g/mol. The predicted octanol–water partition coefficient (Wildman–Crippen LogP) is 1.31. The van der Waals surface area contributed by atoms with Crippen LogP contribution in [0.1, 0.15) is 25.8 Å². The largest absolute Gasteiger partial charge is 0.486 e. The topological polar surface area (TPSA) is 62.8 Å². The van der Waals surface area contributed by atoms with E-state index in [0.29, 0.717) is 31.7 Å². The Hall–Kier alpha value is -1.79. The van der Waals surface area contributed by atoms with Gasteiger partial charge in [-0.15, -0.1) is 0 Å². The smallest absolute Gasteiger partial charge is 0.241 e. The van der Waals surface area contributed by atoms with Crippen molar-refractivity contribution in [3.63, 3.8) is 0 Å². The Morgan fingerprint density at radius 3 is 2.70 bits per heavy atom. The molecular formula is C17H25N3O3. The molecule has 6 heteroatoms. The molecule has 126 valence electrons. The average Bonchev–Trinajstić information content (AvgIpc) is 3.04. The van der Waals surface area contributed by atoms with Gasteiger partial charge in [0.1, 0.15) is 19.3 Å². The number of likely N-dealkylation sites (N-methyl/N-ethyl adjacent to an activating group) is 1. The molecule has 0 spiro atoms. The van der Waals surface area contributed by atoms with Crippen LogP contribution in [-0.2, 0) is 11.3 Å². The summed E-state index contributed by atoms with van der Waals surface area (Å²) in [6.07, 6.45) is 0.821. The molecule has 0 aromatic heterocycles. The number of nitrogens with zero attached hydrogens (tertiary/aromatic N) is 1. The van der Waals surface area contributed by atoms with Gasteiger partial charge in [0.15, 0.2) is 11.5 Å². The van der Waals surface area contributed by atoms with Gasteiger partial charge in [-0.25, -0.2) is 5.43 Å². The molecule has 1 amide bonds. The molecule has 0 bridgehead atoms. The Morgan fingerprint density at radius 1 is 1.26 bits per heavy atom. The fraction of sp³-hybridized carbons (Fsp3) is 0.588. The first-order chi connectivity index (χ1) is 11.0. The Morgan fingerprint density at radius 2 is 2.00 bits per heavy atom. The van der Waals surface area contributed by atoms with Crippen LogP contribution in [0.3, 0.4) is 0 Å². The summed E-state index contributed by atoms with van der Waals surface area (Å²) in [5, 5.41) is 0. The molecule has 23 heavy (non-hydrogen) atoms. The maximum Gasteiger partial charge on any atom is 0.241 e. The lowest BCUT2D eigenvalue weighted by Crippen LogP contribution is -2.44. The third-order valence-electron chi connectivity index (χ3n) is 4.44. The predicted molar refractivity (Wildman–Crippen MR) is 87.2 cm³/mol. The fourth-order valence-electron chi connectivity index (χ4n) is 2.98. The van der Waals surface area contributed by atoms with Crippen LogP contribution in [-0.4, -0.2) is 43.2 Å². The second-order valence-corrected chi connectivity index (χ2v) is 6.60. The van der Waals surface area contributed by atoms with Crippen LogP contribution in [0.4, 0.5) is 0 Å². The summed E-state index contributed by atoms with van der Waals surface area (Å²) in [4.78, 5) is 14.3. The van der Waals surface area contributed by atoms with Crippen molar-refractivity contribution in [3.8, 4) is 11.5 Å². The number of carbonyl (C=O) groups excluding carboxylic acids is 1. The number of benzene rings is 1. The lowest BCUT2D eigenvalue weighted by atomic mass is 9.99. The summed E-state index contributed by atoms with van der Waals surface area (Å²) in [5.41, 5.74) is 7.37. The molecule has 1 fully saturated rings. The van der Waals surface area contributed by atoms with Crippen LogP contribution in [0.25, 0.3) is 0 Å². The zero-order valence-corrected chi connectivity index (χ0v) is 14.0. The van der Waals surface area contributed by atoms with Crippen LogP contribution < -0.4 is 20.3 Å². The first-order valence-corrected chi connectivity index (χ1v) is 8.19. The van der Waals surface area contributed by atoms with Gasteiger partial charge in [0.25, 0.3) is 0 Å². The van der Waals surface area contributed by atoms with Crippen molar-refractivity contribution < 1.29 is 14.3 Å². The SMILES string of the molecule is CC(C)C1CC(C(=O)N(C)Cc2ccc3c(c2)OCCO3)NN1. The minimum Gasteiger partial charge on any atom is -0.486 e. The Bertz CT molecular complexity index is 576. The van der Waals surface area contributed by atoms with Crippen LogP contribution in [0.2, 0.25) is 0 Å². The third kappa shape index (κ3) is 3.59. The number of carbonyl (C=O) groups is 1. The van der Waals surface area contributed by atoms with Gasteiger partial charge >= 0.3 is 0 Å². The number of hydrogen-bond donors (Lipinski definition) is 2. The Balaban J connectivity index is 1.60. The van der Waals surface area contributed by atoms with Gasteiger partial charge < -0.3 is 14.4 Å². The highest BCUT2D eigenvalue weighted by Gasteiger charge is 2.32. The molecule has 1 aromatic rings. The molecule has 3 rings (SSSR count). The van der Waals surface area contributed by atoms with Gasteiger partial charge in [0.05, 0.1) is 0 Å². The van der Waals surface area contributed by atoms with Crippen molar-refractivity contribution in [1.82, 2.24) is 15.8 Å². The zero-order chi connectivity index (χ0) is 16.4. The highest BCUT2D eigenvalue weighted by Crippen LogP contribution is 2.31. The van der Waals surface area contributed by atoms with E-state index in [0.717, 1.165) is 23.5 Å². The number of ether oxygens (including phenoxy) is 2. The number of fused-ring (bicyclic) bond motifs is 1. The Kier molecular flexibility index (Phi) is 4.73. The van der Waals surface area contributed by atoms with Gasteiger partial charge in [0.2, 0.25) is 5.91 Å². The van der Waals surface area contributed by atoms with E-state index in [1.807, 2.05) is 25.2 Å². The summed E-state index contributed by atoms with van der Waals surface area (Å²) in [7, 11) is 1.84. The standard InChI is InChI=1S/C17H25N3O3/c1-11(2)13-9-14(19-18-13)17(21)20(3)10-12-4-5-15-16(8-12)23-7-6-22-15/h4-5,8,11,13-14,18-19H,6-7,9-10H2,1-3H3. The lowest BCUT2D eigenvalue weighted by molar-refractivity contribution is -0.132. The van der Waals surface area contributed by atoms with E-state index in [2.05, 4.69) is 24.7 Å². The molecule has 2 heterocycles. The van der Waals surface area contributed by atoms with E-state index in [1.165, 1.54) is 0 Å². The van der Waals surface area contributed by atoms with E-state index in [4.69, 9.17) is 9.47 Å². The van der Waals surface area contributed by atoms with Crippen LogP contribution in [0, 0.1) is 5.92 Å². The van der Waals surface area contributed by atoms with Gasteiger partial charge in [-0.3, -0.25) is 10.2 Å². The van der Waals surface area contributed by atoms with E-state index in [1.54, 1.807) is 4.90 Å². The van der Waals surface area contributed by atoms with Crippen LogP contribution in [0.5, 0.6) is 11.5 Å². The number of amides is 1. The number of rotatable bonds is 4. The Labute approximate surface area is 137 Å². The molecule has 2 aliphatic heterocycles. The van der Waals surface area contributed by atoms with Crippen molar-refractivity contribution in [2.75, 3.05) is 20.3 Å². The number of hydrogen-bond acceptors (Lipinski definition) is 5. The summed E-state index contributed by atoms with van der Waals surface area (Å²) < 4.78 is 11.1. The second kappa shape index (κ2) is 6.76. The van der Waals surface area contributed by atoms with E-state index < -0.39 is 0 Å². The molecule has 6 nitrogen and oxygen atoms in total. The average molecular weight is 319 g/mol. The summed E-state index contributed by atoms with van der Waals surface area (Å²) >= 11 is 0. The highest BCUT2D eigenvalue weighted by molar-refractivity contribution is 5.82. The number of hydrazine groups is 1. The minimum atomic E-state index is -0.162. The van der Waals surface area contributed by atoms with Crippen molar-refractivity contribution in [3.05, 3.63) is 23.8 Å². The third-order valence-corrected chi connectivity index (χ3v) is 4.44. The molecule has 2 atom stereocenters. The van der Waals surface area contributed by atoms with Gasteiger partial charge in [0, 0.05) is 19.6 Å². The van der Waals surface area contributed by atoms with Gasteiger partial charge in [-0.1, -0.05) is 19.9 Å². The molecular weight excluding hydrogens is 294 g/mol. The summed E-state index contributed by atoms with van der Waals surface area (Å²) in [6.45, 7) is 6.03. The van der Waals surface area contributed by atoms with E-state index in [9.17, 15) is 4.79 Å². The van der Waals surface area contributed by atoms with Crippen molar-refractivity contribution >= 4 is 5.91 Å². The molecule has 2 aliphatic rings. The van der Waals surface area contributed by atoms with Gasteiger partial charge in [-0.05, 0) is 30.0 Å². The summed E-state index contributed by atoms with van der Waals surface area (Å²) in [6, 6.07) is 6.02. The second-order valence-electron chi connectivity index (χ2n) is 6.60.